The number of benzene rings is 2. The number of carbonyl (C=O) groups is 1. The number of carbonyl (C=O) groups excluding carboxylic acids is 1. The molecule has 2 aliphatic heterocycles. The second-order valence-electron chi connectivity index (χ2n) is 7.80. The Balaban J connectivity index is 1.24. The van der Waals surface area contributed by atoms with Crippen molar-refractivity contribution < 1.29 is 19.0 Å². The van der Waals surface area contributed by atoms with E-state index >= 15 is 0 Å². The first-order chi connectivity index (χ1) is 15.7. The number of anilines is 1. The summed E-state index contributed by atoms with van der Waals surface area (Å²) in [5.74, 6) is 3.23. The summed E-state index contributed by atoms with van der Waals surface area (Å²) in [5, 5.41) is 7.64. The fourth-order valence-electron chi connectivity index (χ4n) is 4.08. The van der Waals surface area contributed by atoms with Gasteiger partial charge in [0.15, 0.2) is 17.3 Å². The quantitative estimate of drug-likeness (QED) is 0.662. The summed E-state index contributed by atoms with van der Waals surface area (Å²) in [6.45, 7) is 5.76. The Bertz CT molecular complexity index is 1100. The van der Waals surface area contributed by atoms with E-state index in [9.17, 15) is 4.79 Å². The maximum absolute atomic E-state index is 13.0. The van der Waals surface area contributed by atoms with Crippen LogP contribution in [0.5, 0.6) is 17.2 Å². The second kappa shape index (κ2) is 8.82. The fourth-order valence-corrected chi connectivity index (χ4v) is 4.08. The first-order valence-electron chi connectivity index (χ1n) is 10.9. The van der Waals surface area contributed by atoms with Crippen molar-refractivity contribution in [1.82, 2.24) is 15.1 Å². The van der Waals surface area contributed by atoms with Crippen LogP contribution in [0.4, 0.5) is 5.82 Å². The van der Waals surface area contributed by atoms with Crippen molar-refractivity contribution in [3.63, 3.8) is 0 Å². The van der Waals surface area contributed by atoms with E-state index in [4.69, 9.17) is 14.2 Å². The van der Waals surface area contributed by atoms with Crippen LogP contribution < -0.4 is 19.1 Å². The van der Waals surface area contributed by atoms with Gasteiger partial charge in [-0.25, -0.2) is 0 Å². The number of hydrogen-bond donors (Lipinski definition) is 1. The summed E-state index contributed by atoms with van der Waals surface area (Å²) in [6, 6.07) is 15.3. The molecule has 0 saturated carbocycles. The van der Waals surface area contributed by atoms with E-state index in [0.29, 0.717) is 18.7 Å². The minimum atomic E-state index is 0.0537. The van der Waals surface area contributed by atoms with Gasteiger partial charge in [-0.1, -0.05) is 0 Å². The molecule has 0 aliphatic carbocycles. The van der Waals surface area contributed by atoms with Gasteiger partial charge in [-0.3, -0.25) is 9.89 Å². The van der Waals surface area contributed by atoms with Gasteiger partial charge in [0.05, 0.1) is 12.3 Å². The molecule has 0 unspecified atom stereocenters. The first-order valence-corrected chi connectivity index (χ1v) is 10.9. The number of fused-ring (bicyclic) bond motifs is 1. The summed E-state index contributed by atoms with van der Waals surface area (Å²) < 4.78 is 16.3. The molecule has 1 aromatic heterocycles. The third kappa shape index (κ3) is 4.08. The van der Waals surface area contributed by atoms with Gasteiger partial charge in [0, 0.05) is 43.4 Å². The highest BCUT2D eigenvalue weighted by Gasteiger charge is 2.22. The summed E-state index contributed by atoms with van der Waals surface area (Å²) in [5.41, 5.74) is 2.60. The average Bonchev–Trinajstić information content (AvgIpc) is 3.43. The van der Waals surface area contributed by atoms with Crippen LogP contribution in [0.3, 0.4) is 0 Å². The van der Waals surface area contributed by atoms with Gasteiger partial charge in [-0.15, -0.1) is 0 Å². The number of nitrogens with one attached hydrogen (secondary N) is 1. The molecule has 166 valence electrons. The van der Waals surface area contributed by atoms with E-state index < -0.39 is 0 Å². The van der Waals surface area contributed by atoms with Gasteiger partial charge < -0.3 is 24.0 Å². The second-order valence-corrected chi connectivity index (χ2v) is 7.80. The molecule has 0 radical (unpaired) electrons. The van der Waals surface area contributed by atoms with Gasteiger partial charge in [0.2, 0.25) is 6.79 Å². The van der Waals surface area contributed by atoms with Gasteiger partial charge >= 0.3 is 0 Å². The van der Waals surface area contributed by atoms with Crippen LogP contribution in [-0.2, 0) is 0 Å². The molecule has 1 fully saturated rings. The third-order valence-corrected chi connectivity index (χ3v) is 5.77. The summed E-state index contributed by atoms with van der Waals surface area (Å²) >= 11 is 0. The average molecular weight is 434 g/mol. The van der Waals surface area contributed by atoms with Gasteiger partial charge in [-0.2, -0.15) is 5.10 Å². The molecule has 32 heavy (non-hydrogen) atoms. The topological polar surface area (TPSA) is 79.9 Å². The maximum atomic E-state index is 13.0. The van der Waals surface area contributed by atoms with Crippen LogP contribution in [0.2, 0.25) is 0 Å². The number of aromatic nitrogens is 2. The lowest BCUT2D eigenvalue weighted by Crippen LogP contribution is -2.35. The van der Waals surface area contributed by atoms with Gasteiger partial charge in [0.25, 0.3) is 5.91 Å². The lowest BCUT2D eigenvalue weighted by Gasteiger charge is -2.22. The van der Waals surface area contributed by atoms with Crippen molar-refractivity contribution in [2.75, 3.05) is 44.5 Å². The van der Waals surface area contributed by atoms with Crippen LogP contribution in [0.1, 0.15) is 23.7 Å². The molecule has 1 amide bonds. The molecule has 8 heteroatoms. The largest absolute Gasteiger partial charge is 0.494 e. The minimum Gasteiger partial charge on any atom is -0.494 e. The van der Waals surface area contributed by atoms with E-state index in [0.717, 1.165) is 60.4 Å². The van der Waals surface area contributed by atoms with Crippen LogP contribution in [0, 0.1) is 0 Å². The zero-order valence-electron chi connectivity index (χ0n) is 18.0. The Morgan fingerprint density at radius 2 is 1.88 bits per heavy atom. The molecule has 3 heterocycles. The zero-order valence-corrected chi connectivity index (χ0v) is 18.0. The van der Waals surface area contributed by atoms with Crippen LogP contribution in [0.15, 0.2) is 48.5 Å². The highest BCUT2D eigenvalue weighted by molar-refractivity contribution is 5.94. The Hall–Kier alpha value is -3.68. The molecule has 5 rings (SSSR count). The third-order valence-electron chi connectivity index (χ3n) is 5.77. The molecule has 8 nitrogen and oxygen atoms in total. The van der Waals surface area contributed by atoms with Crippen LogP contribution >= 0.6 is 0 Å². The first kappa shape index (κ1) is 20.2. The predicted molar refractivity (Wildman–Crippen MR) is 120 cm³/mol. The van der Waals surface area contributed by atoms with E-state index in [1.807, 2.05) is 60.4 Å². The minimum absolute atomic E-state index is 0.0537. The fraction of sp³-hybridized carbons (Fsp3) is 0.333. The molecule has 0 atom stereocenters. The van der Waals surface area contributed by atoms with Crippen molar-refractivity contribution >= 4 is 11.7 Å². The highest BCUT2D eigenvalue weighted by Crippen LogP contribution is 2.36. The number of aromatic amines is 1. The molecular weight excluding hydrogens is 408 g/mol. The van der Waals surface area contributed by atoms with Gasteiger partial charge in [-0.05, 0) is 55.8 Å². The number of H-pyrrole nitrogens is 1. The molecule has 1 saturated heterocycles. The SMILES string of the molecule is CCOc1ccc(C(=O)N2CCCN(c3cc(-c4ccc5c(c4)OCO5)[nH]n3)CC2)cc1. The monoisotopic (exact) mass is 434 g/mol. The lowest BCUT2D eigenvalue weighted by molar-refractivity contribution is 0.0767. The molecule has 0 spiro atoms. The molecule has 0 bridgehead atoms. The van der Waals surface area contributed by atoms with Crippen molar-refractivity contribution in [2.45, 2.75) is 13.3 Å². The van der Waals surface area contributed by atoms with E-state index in [2.05, 4.69) is 15.1 Å². The summed E-state index contributed by atoms with van der Waals surface area (Å²) in [6.07, 6.45) is 0.884. The van der Waals surface area contributed by atoms with Crippen LogP contribution in [-0.4, -0.2) is 60.6 Å². The van der Waals surface area contributed by atoms with Crippen molar-refractivity contribution in [3.05, 3.63) is 54.1 Å². The van der Waals surface area contributed by atoms with Crippen molar-refractivity contribution in [1.29, 1.82) is 0 Å². The molecule has 1 N–H and O–H groups in total. The highest BCUT2D eigenvalue weighted by atomic mass is 16.7. The van der Waals surface area contributed by atoms with Crippen molar-refractivity contribution in [3.8, 4) is 28.5 Å². The van der Waals surface area contributed by atoms with E-state index in [-0.39, 0.29) is 12.7 Å². The smallest absolute Gasteiger partial charge is 0.253 e. The Kier molecular flexibility index (Phi) is 5.58. The van der Waals surface area contributed by atoms with E-state index in [1.54, 1.807) is 0 Å². The lowest BCUT2D eigenvalue weighted by atomic mass is 10.1. The Labute approximate surface area is 186 Å². The van der Waals surface area contributed by atoms with E-state index in [1.165, 1.54) is 0 Å². The summed E-state index contributed by atoms with van der Waals surface area (Å²) in [4.78, 5) is 17.1. The zero-order chi connectivity index (χ0) is 21.9. The van der Waals surface area contributed by atoms with Crippen molar-refractivity contribution in [2.24, 2.45) is 0 Å². The molecule has 2 aliphatic rings. The number of ether oxygens (including phenoxy) is 3. The predicted octanol–water partition coefficient (Wildman–Crippen LogP) is 3.56. The number of amides is 1. The Morgan fingerprint density at radius 1 is 1.03 bits per heavy atom. The Morgan fingerprint density at radius 3 is 2.72 bits per heavy atom. The van der Waals surface area contributed by atoms with Crippen LogP contribution in [0.25, 0.3) is 11.3 Å². The number of hydrogen-bond acceptors (Lipinski definition) is 6. The number of rotatable bonds is 5. The normalized spacial score (nSPS) is 15.5. The van der Waals surface area contributed by atoms with Gasteiger partial charge in [0.1, 0.15) is 5.75 Å². The maximum Gasteiger partial charge on any atom is 0.253 e. The number of nitrogens with zero attached hydrogens (tertiary/aromatic N) is 3. The summed E-state index contributed by atoms with van der Waals surface area (Å²) in [7, 11) is 0. The molecular formula is C24H26N4O4. The molecule has 3 aromatic rings. The molecule has 2 aromatic carbocycles. The standard InChI is InChI=1S/C24H26N4O4/c1-2-30-19-7-4-17(5-8-19)24(29)28-11-3-10-27(12-13-28)23-15-20(25-26-23)18-6-9-21-22(14-18)32-16-31-21/h4-9,14-15H,2-3,10-13,16H2,1H3,(H,25,26).